The molecule has 2 atom stereocenters. The number of aliphatic hydroxyl groups is 2. The van der Waals surface area contributed by atoms with Crippen LogP contribution in [0.25, 0.3) is 0 Å². The first-order valence-corrected chi connectivity index (χ1v) is 5.96. The zero-order valence-electron chi connectivity index (χ0n) is 10.0. The summed E-state index contributed by atoms with van der Waals surface area (Å²) in [4.78, 5) is 2.12. The zero-order chi connectivity index (χ0) is 12.3. The molecule has 1 aliphatic rings. The van der Waals surface area contributed by atoms with Crippen LogP contribution in [0.3, 0.4) is 0 Å². The van der Waals surface area contributed by atoms with Gasteiger partial charge in [0.05, 0.1) is 32.0 Å². The molecule has 1 fully saturated rings. The molecule has 0 radical (unpaired) electrons. The van der Waals surface area contributed by atoms with Crippen molar-refractivity contribution in [3.8, 4) is 0 Å². The molecule has 1 aromatic rings. The maximum atomic E-state index is 9.77. The smallest absolute Gasteiger partial charge is 0.0781 e. The van der Waals surface area contributed by atoms with Gasteiger partial charge in [-0.1, -0.05) is 18.2 Å². The van der Waals surface area contributed by atoms with Crippen molar-refractivity contribution in [1.29, 1.82) is 0 Å². The van der Waals surface area contributed by atoms with E-state index in [0.717, 1.165) is 17.8 Å². The lowest BCUT2D eigenvalue weighted by Crippen LogP contribution is -2.48. The minimum atomic E-state index is -0.506. The van der Waals surface area contributed by atoms with Crippen LogP contribution in [0, 0.1) is 0 Å². The lowest BCUT2D eigenvalue weighted by Gasteiger charge is -2.37. The molecular weight excluding hydrogens is 218 g/mol. The van der Waals surface area contributed by atoms with Gasteiger partial charge in [0.2, 0.25) is 0 Å². The van der Waals surface area contributed by atoms with Crippen molar-refractivity contribution in [3.05, 3.63) is 29.8 Å². The van der Waals surface area contributed by atoms with E-state index in [4.69, 9.17) is 4.74 Å². The third kappa shape index (κ3) is 2.60. The van der Waals surface area contributed by atoms with Crippen molar-refractivity contribution >= 4 is 5.69 Å². The molecule has 4 nitrogen and oxygen atoms in total. The average molecular weight is 237 g/mol. The molecule has 2 rings (SSSR count). The fourth-order valence-electron chi connectivity index (χ4n) is 2.23. The van der Waals surface area contributed by atoms with Crippen molar-refractivity contribution < 1.29 is 14.9 Å². The van der Waals surface area contributed by atoms with Gasteiger partial charge in [-0.3, -0.25) is 0 Å². The van der Waals surface area contributed by atoms with Crippen LogP contribution in [-0.4, -0.2) is 42.6 Å². The van der Waals surface area contributed by atoms with Crippen molar-refractivity contribution in [2.45, 2.75) is 19.1 Å². The Labute approximate surface area is 101 Å². The number of morpholine rings is 1. The number of hydrogen-bond acceptors (Lipinski definition) is 4. The molecule has 0 aliphatic carbocycles. The Morgan fingerprint density at radius 2 is 2.24 bits per heavy atom. The molecule has 0 bridgehead atoms. The molecule has 2 N–H and O–H groups in total. The summed E-state index contributed by atoms with van der Waals surface area (Å²) in [5.74, 6) is 0. The van der Waals surface area contributed by atoms with E-state index >= 15 is 0 Å². The van der Waals surface area contributed by atoms with E-state index in [0.29, 0.717) is 13.2 Å². The topological polar surface area (TPSA) is 52.9 Å². The molecule has 4 heteroatoms. The van der Waals surface area contributed by atoms with Gasteiger partial charge in [-0.25, -0.2) is 0 Å². The van der Waals surface area contributed by atoms with Crippen molar-refractivity contribution in [2.75, 3.05) is 31.3 Å². The highest BCUT2D eigenvalue weighted by atomic mass is 16.5. The van der Waals surface area contributed by atoms with E-state index in [9.17, 15) is 10.2 Å². The van der Waals surface area contributed by atoms with E-state index in [2.05, 4.69) is 4.90 Å². The zero-order valence-corrected chi connectivity index (χ0v) is 10.0. The van der Waals surface area contributed by atoms with Gasteiger partial charge in [0, 0.05) is 17.8 Å². The van der Waals surface area contributed by atoms with Gasteiger partial charge in [-0.15, -0.1) is 0 Å². The Kier molecular flexibility index (Phi) is 3.99. The van der Waals surface area contributed by atoms with Crippen LogP contribution in [-0.2, 0) is 4.74 Å². The Bertz CT molecular complexity index is 367. The molecule has 0 aromatic heterocycles. The van der Waals surface area contributed by atoms with E-state index in [1.165, 1.54) is 0 Å². The van der Waals surface area contributed by atoms with Crippen molar-refractivity contribution in [3.63, 3.8) is 0 Å². The minimum absolute atomic E-state index is 0.0244. The highest BCUT2D eigenvalue weighted by Crippen LogP contribution is 2.28. The molecule has 94 valence electrons. The second-order valence-corrected chi connectivity index (χ2v) is 4.34. The summed E-state index contributed by atoms with van der Waals surface area (Å²) in [6, 6.07) is 7.74. The quantitative estimate of drug-likeness (QED) is 0.821. The number of benzene rings is 1. The standard InChI is InChI=1S/C13H19NO3/c1-10(16)12-4-2-3-5-13(12)14-6-7-17-9-11(14)8-15/h2-5,10-11,15-16H,6-9H2,1H3/t10-,11?/m0/s1. The van der Waals surface area contributed by atoms with Crippen LogP contribution < -0.4 is 4.90 Å². The van der Waals surface area contributed by atoms with E-state index in [1.807, 2.05) is 24.3 Å². The number of anilines is 1. The average Bonchev–Trinajstić information content (AvgIpc) is 2.38. The summed E-state index contributed by atoms with van der Waals surface area (Å²) < 4.78 is 5.36. The van der Waals surface area contributed by atoms with Gasteiger partial charge >= 0.3 is 0 Å². The number of ether oxygens (including phenoxy) is 1. The summed E-state index contributed by atoms with van der Waals surface area (Å²) in [5.41, 5.74) is 1.89. The van der Waals surface area contributed by atoms with Crippen LogP contribution in [0.1, 0.15) is 18.6 Å². The highest BCUT2D eigenvalue weighted by Gasteiger charge is 2.24. The Morgan fingerprint density at radius 1 is 1.47 bits per heavy atom. The molecule has 0 amide bonds. The monoisotopic (exact) mass is 237 g/mol. The fourth-order valence-corrected chi connectivity index (χ4v) is 2.23. The minimum Gasteiger partial charge on any atom is -0.394 e. The fraction of sp³-hybridized carbons (Fsp3) is 0.538. The third-order valence-corrected chi connectivity index (χ3v) is 3.13. The summed E-state index contributed by atoms with van der Waals surface area (Å²) >= 11 is 0. The molecule has 1 aromatic carbocycles. The first-order valence-electron chi connectivity index (χ1n) is 5.96. The second kappa shape index (κ2) is 5.49. The normalized spacial score (nSPS) is 22.5. The number of para-hydroxylation sites is 1. The molecule has 17 heavy (non-hydrogen) atoms. The molecular formula is C13H19NO3. The van der Waals surface area contributed by atoms with E-state index < -0.39 is 6.10 Å². The largest absolute Gasteiger partial charge is 0.394 e. The van der Waals surface area contributed by atoms with Crippen LogP contribution in [0.5, 0.6) is 0 Å². The molecule has 0 saturated carbocycles. The van der Waals surface area contributed by atoms with Gasteiger partial charge in [-0.2, -0.15) is 0 Å². The van der Waals surface area contributed by atoms with Crippen molar-refractivity contribution in [2.24, 2.45) is 0 Å². The summed E-state index contributed by atoms with van der Waals surface area (Å²) in [5, 5.41) is 19.1. The first kappa shape index (κ1) is 12.4. The number of rotatable bonds is 3. The Hall–Kier alpha value is -1.10. The number of hydrogen-bond donors (Lipinski definition) is 2. The van der Waals surface area contributed by atoms with E-state index in [1.54, 1.807) is 6.92 Å². The summed E-state index contributed by atoms with van der Waals surface area (Å²) in [6.45, 7) is 3.76. The Balaban J connectivity index is 2.31. The molecule has 1 aliphatic heterocycles. The second-order valence-electron chi connectivity index (χ2n) is 4.34. The predicted molar refractivity (Wildman–Crippen MR) is 66.1 cm³/mol. The molecule has 1 unspecified atom stereocenters. The van der Waals surface area contributed by atoms with Gasteiger partial charge in [0.25, 0.3) is 0 Å². The number of aliphatic hydroxyl groups excluding tert-OH is 2. The van der Waals surface area contributed by atoms with Gasteiger partial charge < -0.3 is 19.8 Å². The van der Waals surface area contributed by atoms with Crippen LogP contribution in [0.4, 0.5) is 5.69 Å². The van der Waals surface area contributed by atoms with Crippen LogP contribution in [0.15, 0.2) is 24.3 Å². The highest BCUT2D eigenvalue weighted by molar-refractivity contribution is 5.55. The lowest BCUT2D eigenvalue weighted by atomic mass is 10.1. The lowest BCUT2D eigenvalue weighted by molar-refractivity contribution is 0.0723. The van der Waals surface area contributed by atoms with Gasteiger partial charge in [-0.05, 0) is 13.0 Å². The Morgan fingerprint density at radius 3 is 2.94 bits per heavy atom. The SMILES string of the molecule is C[C@H](O)c1ccccc1N1CCOCC1CO. The molecule has 0 spiro atoms. The maximum absolute atomic E-state index is 9.77. The van der Waals surface area contributed by atoms with Gasteiger partial charge in [0.15, 0.2) is 0 Å². The summed E-state index contributed by atoms with van der Waals surface area (Å²) in [6.07, 6.45) is -0.506. The third-order valence-electron chi connectivity index (χ3n) is 3.13. The van der Waals surface area contributed by atoms with Crippen molar-refractivity contribution in [1.82, 2.24) is 0 Å². The van der Waals surface area contributed by atoms with Crippen LogP contribution >= 0.6 is 0 Å². The van der Waals surface area contributed by atoms with E-state index in [-0.39, 0.29) is 12.6 Å². The van der Waals surface area contributed by atoms with Crippen LogP contribution in [0.2, 0.25) is 0 Å². The summed E-state index contributed by atoms with van der Waals surface area (Å²) in [7, 11) is 0. The molecule has 1 heterocycles. The first-order chi connectivity index (χ1) is 8.24. The number of nitrogens with zero attached hydrogens (tertiary/aromatic N) is 1. The maximum Gasteiger partial charge on any atom is 0.0781 e. The molecule has 1 saturated heterocycles. The predicted octanol–water partition coefficient (Wildman–Crippen LogP) is 0.937. The van der Waals surface area contributed by atoms with Gasteiger partial charge in [0.1, 0.15) is 0 Å².